The van der Waals surface area contributed by atoms with E-state index in [4.69, 9.17) is 4.42 Å². The lowest BCUT2D eigenvalue weighted by Gasteiger charge is -1.98. The Labute approximate surface area is 130 Å². The highest BCUT2D eigenvalue weighted by atomic mass is 32.2. The number of hydrogen-bond donors (Lipinski definition) is 1. The zero-order chi connectivity index (χ0) is 16.2. The minimum Gasteiger partial charge on any atom is -0.414 e. The summed E-state index contributed by atoms with van der Waals surface area (Å²) in [5, 5.41) is 7.51. The Balaban J connectivity index is 1.88. The summed E-state index contributed by atoms with van der Waals surface area (Å²) in [4.78, 5) is 11.9. The molecule has 0 atom stereocenters. The maximum absolute atomic E-state index is 12.8. The van der Waals surface area contributed by atoms with Crippen molar-refractivity contribution in [1.29, 1.82) is 0 Å². The van der Waals surface area contributed by atoms with Crippen LogP contribution in [0.3, 0.4) is 0 Å². The van der Waals surface area contributed by atoms with E-state index >= 15 is 0 Å². The van der Waals surface area contributed by atoms with Gasteiger partial charge in [-0.15, -0.1) is 10.2 Å². The predicted molar refractivity (Wildman–Crippen MR) is 77.4 cm³/mol. The van der Waals surface area contributed by atoms with Crippen molar-refractivity contribution >= 4 is 27.6 Å². The minimum atomic E-state index is -3.35. The molecule has 1 heterocycles. The second-order valence-corrected chi connectivity index (χ2v) is 7.03. The first-order valence-corrected chi connectivity index (χ1v) is 8.90. The van der Waals surface area contributed by atoms with E-state index < -0.39 is 15.8 Å². The van der Waals surface area contributed by atoms with E-state index in [1.165, 1.54) is 24.3 Å². The molecule has 118 valence electrons. The van der Waals surface area contributed by atoms with Gasteiger partial charge >= 0.3 is 0 Å². The molecule has 0 fully saturated rings. The van der Waals surface area contributed by atoms with Gasteiger partial charge in [0.1, 0.15) is 5.82 Å². The average Bonchev–Trinajstić information content (AvgIpc) is 2.91. The van der Waals surface area contributed by atoms with Crippen LogP contribution in [0, 0.1) is 5.82 Å². The Morgan fingerprint density at radius 1 is 1.32 bits per heavy atom. The molecule has 0 aliphatic rings. The Hall–Kier alpha value is -1.78. The summed E-state index contributed by atoms with van der Waals surface area (Å²) in [6, 6.07) is 5.21. The number of rotatable bonds is 7. The topological polar surface area (TPSA) is 102 Å². The van der Waals surface area contributed by atoms with Gasteiger partial charge in [0.2, 0.25) is 15.9 Å². The van der Waals surface area contributed by atoms with E-state index in [1.54, 1.807) is 0 Å². The molecule has 0 saturated carbocycles. The Morgan fingerprint density at radius 3 is 2.64 bits per heavy atom. The quantitative estimate of drug-likeness (QED) is 0.595. The molecule has 0 spiro atoms. The first-order valence-electron chi connectivity index (χ1n) is 6.02. The Morgan fingerprint density at radius 2 is 2.00 bits per heavy atom. The maximum Gasteiger partial charge on any atom is 0.277 e. The van der Waals surface area contributed by atoms with Gasteiger partial charge in [-0.2, -0.15) is 0 Å². The van der Waals surface area contributed by atoms with E-state index in [0.717, 1.165) is 18.0 Å². The zero-order valence-electron chi connectivity index (χ0n) is 11.4. The fourth-order valence-corrected chi connectivity index (χ4v) is 2.47. The molecule has 2 rings (SSSR count). The van der Waals surface area contributed by atoms with Crippen molar-refractivity contribution in [3.05, 3.63) is 41.5 Å². The molecule has 0 saturated heterocycles. The number of thioether (sulfide) groups is 1. The third kappa shape index (κ3) is 5.20. The number of ketones is 1. The standard InChI is InChI=1S/C12H12FN3O4S2/c1-22(18,19)14-6-11-15-16-12(20-11)21-7-10(17)8-2-4-9(13)5-3-8/h2-5,14H,6-7H2,1H3. The second-order valence-electron chi connectivity index (χ2n) is 4.27. The van der Waals surface area contributed by atoms with Crippen LogP contribution in [-0.2, 0) is 16.6 Å². The molecule has 0 aliphatic heterocycles. The van der Waals surface area contributed by atoms with Gasteiger partial charge in [0.15, 0.2) is 5.78 Å². The number of carbonyl (C=O) groups is 1. The van der Waals surface area contributed by atoms with Crippen molar-refractivity contribution in [1.82, 2.24) is 14.9 Å². The fraction of sp³-hybridized carbons (Fsp3) is 0.250. The van der Waals surface area contributed by atoms with Crippen LogP contribution in [-0.4, -0.2) is 36.4 Å². The zero-order valence-corrected chi connectivity index (χ0v) is 13.1. The van der Waals surface area contributed by atoms with Gasteiger partial charge in [-0.3, -0.25) is 4.79 Å². The minimum absolute atomic E-state index is 0.0484. The largest absolute Gasteiger partial charge is 0.414 e. The highest BCUT2D eigenvalue weighted by Gasteiger charge is 2.12. The highest BCUT2D eigenvalue weighted by molar-refractivity contribution is 7.99. The van der Waals surface area contributed by atoms with Crippen LogP contribution in [0.15, 0.2) is 33.9 Å². The van der Waals surface area contributed by atoms with Gasteiger partial charge in [-0.05, 0) is 24.3 Å². The van der Waals surface area contributed by atoms with Gasteiger partial charge in [0, 0.05) is 5.56 Å². The van der Waals surface area contributed by atoms with E-state index in [1.807, 2.05) is 0 Å². The third-order valence-corrected chi connectivity index (χ3v) is 3.91. The fourth-order valence-electron chi connectivity index (χ4n) is 1.41. The molecular formula is C12H12FN3O4S2. The molecule has 0 unspecified atom stereocenters. The summed E-state index contributed by atoms with van der Waals surface area (Å²) in [6.45, 7) is -0.113. The first kappa shape index (κ1) is 16.6. The lowest BCUT2D eigenvalue weighted by Crippen LogP contribution is -2.21. The molecular weight excluding hydrogens is 333 g/mol. The summed E-state index contributed by atoms with van der Waals surface area (Å²) in [5.41, 5.74) is 0.382. The normalized spacial score (nSPS) is 11.5. The highest BCUT2D eigenvalue weighted by Crippen LogP contribution is 2.18. The van der Waals surface area contributed by atoms with Crippen molar-refractivity contribution < 1.29 is 22.0 Å². The lowest BCUT2D eigenvalue weighted by molar-refractivity contribution is 0.102. The molecule has 1 aromatic carbocycles. The summed E-state index contributed by atoms with van der Waals surface area (Å²) in [7, 11) is -3.35. The predicted octanol–water partition coefficient (Wildman–Crippen LogP) is 1.23. The smallest absolute Gasteiger partial charge is 0.277 e. The van der Waals surface area contributed by atoms with Crippen LogP contribution in [0.1, 0.15) is 16.2 Å². The molecule has 10 heteroatoms. The van der Waals surface area contributed by atoms with Gasteiger partial charge in [0.25, 0.3) is 5.22 Å². The SMILES string of the molecule is CS(=O)(=O)NCc1nnc(SCC(=O)c2ccc(F)cc2)o1. The molecule has 2 aromatic rings. The van der Waals surface area contributed by atoms with E-state index in [2.05, 4.69) is 14.9 Å². The van der Waals surface area contributed by atoms with Crippen LogP contribution in [0.5, 0.6) is 0 Å². The molecule has 22 heavy (non-hydrogen) atoms. The Kier molecular flexibility index (Phi) is 5.27. The molecule has 1 N–H and O–H groups in total. The summed E-state index contributed by atoms with van der Waals surface area (Å²) in [5.74, 6) is -0.474. The second kappa shape index (κ2) is 6.99. The van der Waals surface area contributed by atoms with E-state index in [9.17, 15) is 17.6 Å². The number of nitrogens with one attached hydrogen (secondary N) is 1. The molecule has 0 radical (unpaired) electrons. The van der Waals surface area contributed by atoms with E-state index in [0.29, 0.717) is 5.56 Å². The molecule has 7 nitrogen and oxygen atoms in total. The van der Waals surface area contributed by atoms with Crippen LogP contribution >= 0.6 is 11.8 Å². The van der Waals surface area contributed by atoms with Crippen LogP contribution in [0.4, 0.5) is 4.39 Å². The molecule has 0 bridgehead atoms. The van der Waals surface area contributed by atoms with Gasteiger partial charge in [-0.25, -0.2) is 17.5 Å². The van der Waals surface area contributed by atoms with Gasteiger partial charge < -0.3 is 4.42 Å². The van der Waals surface area contributed by atoms with Crippen molar-refractivity contribution in [2.45, 2.75) is 11.8 Å². The molecule has 0 aliphatic carbocycles. The number of carbonyl (C=O) groups excluding carboxylic acids is 1. The van der Waals surface area contributed by atoms with Crippen LogP contribution in [0.2, 0.25) is 0 Å². The number of halogens is 1. The van der Waals surface area contributed by atoms with Gasteiger partial charge in [-0.1, -0.05) is 11.8 Å². The van der Waals surface area contributed by atoms with Crippen molar-refractivity contribution in [2.24, 2.45) is 0 Å². The van der Waals surface area contributed by atoms with Crippen LogP contribution < -0.4 is 4.72 Å². The van der Waals surface area contributed by atoms with Crippen LogP contribution in [0.25, 0.3) is 0 Å². The Bertz CT molecular complexity index is 759. The van der Waals surface area contributed by atoms with Gasteiger partial charge in [0.05, 0.1) is 18.6 Å². The number of hydrogen-bond acceptors (Lipinski definition) is 7. The number of nitrogens with zero attached hydrogens (tertiary/aromatic N) is 2. The monoisotopic (exact) mass is 345 g/mol. The number of sulfonamides is 1. The first-order chi connectivity index (χ1) is 10.3. The summed E-state index contributed by atoms with van der Waals surface area (Å²) in [6.07, 6.45) is 1.01. The molecule has 0 amide bonds. The van der Waals surface area contributed by atoms with Crippen molar-refractivity contribution in [3.63, 3.8) is 0 Å². The average molecular weight is 345 g/mol. The molecule has 1 aromatic heterocycles. The maximum atomic E-state index is 12.8. The van der Waals surface area contributed by atoms with E-state index in [-0.39, 0.29) is 29.2 Å². The lowest BCUT2D eigenvalue weighted by atomic mass is 10.1. The van der Waals surface area contributed by atoms with Crippen molar-refractivity contribution in [3.8, 4) is 0 Å². The third-order valence-electron chi connectivity index (χ3n) is 2.43. The number of Topliss-reactive ketones (excluding diaryl/α,β-unsaturated/α-hetero) is 1. The number of benzene rings is 1. The summed E-state index contributed by atoms with van der Waals surface area (Å²) < 4.78 is 42.0. The number of aromatic nitrogens is 2. The summed E-state index contributed by atoms with van der Waals surface area (Å²) >= 11 is 1.02. The van der Waals surface area contributed by atoms with Crippen molar-refractivity contribution in [2.75, 3.05) is 12.0 Å².